The average molecular weight is 396 g/mol. The lowest BCUT2D eigenvalue weighted by Crippen LogP contribution is -2.16. The van der Waals surface area contributed by atoms with E-state index in [4.69, 9.17) is 4.74 Å². The number of rotatable bonds is 15. The minimum Gasteiger partial charge on any atom is -0.426 e. The van der Waals surface area contributed by atoms with Gasteiger partial charge in [0.2, 0.25) is 0 Å². The fourth-order valence-corrected chi connectivity index (χ4v) is 3.44. The van der Waals surface area contributed by atoms with Crippen molar-refractivity contribution in [3.63, 3.8) is 0 Å². The van der Waals surface area contributed by atoms with Crippen molar-refractivity contribution in [2.24, 2.45) is 0 Å². The second kappa shape index (κ2) is 14.8. The van der Waals surface area contributed by atoms with Crippen LogP contribution in [-0.4, -0.2) is 19.1 Å². The van der Waals surface area contributed by atoms with E-state index in [2.05, 4.69) is 12.2 Å². The van der Waals surface area contributed by atoms with Gasteiger partial charge in [0, 0.05) is 12.0 Å². The topological polar surface area (TPSA) is 38.3 Å². The fourth-order valence-electron chi connectivity index (χ4n) is 3.44. The summed E-state index contributed by atoms with van der Waals surface area (Å²) in [5.74, 6) is 0.498. The van der Waals surface area contributed by atoms with Gasteiger partial charge in [-0.25, -0.2) is 0 Å². The maximum atomic E-state index is 12.2. The van der Waals surface area contributed by atoms with Crippen molar-refractivity contribution in [1.82, 2.24) is 5.32 Å². The molecule has 2 aromatic carbocycles. The fraction of sp³-hybridized carbons (Fsp3) is 0.500. The van der Waals surface area contributed by atoms with E-state index in [1.807, 2.05) is 54.6 Å². The molecule has 0 saturated carbocycles. The van der Waals surface area contributed by atoms with Crippen LogP contribution in [-0.2, 0) is 4.79 Å². The van der Waals surface area contributed by atoms with E-state index in [-0.39, 0.29) is 5.97 Å². The van der Waals surface area contributed by atoms with Crippen LogP contribution >= 0.6 is 0 Å². The van der Waals surface area contributed by atoms with Crippen LogP contribution in [0, 0.1) is 0 Å². The van der Waals surface area contributed by atoms with E-state index in [0.29, 0.717) is 12.2 Å². The standard InChI is InChI=1S/C26H37NO2/c1-2-3-4-5-6-14-21-27-22-15-8-11-20-26(28)29-25-19-13-12-18-24(25)23-16-9-7-10-17-23/h7,9-10,12-13,16-19,27H,2-6,8,11,14-15,20-22H2,1H3. The molecule has 2 aromatic rings. The SMILES string of the molecule is CCCCCCCCNCCCCCC(=O)Oc1ccccc1-c1ccccc1. The molecule has 29 heavy (non-hydrogen) atoms. The maximum absolute atomic E-state index is 12.2. The molecule has 0 heterocycles. The summed E-state index contributed by atoms with van der Waals surface area (Å²) in [7, 11) is 0. The summed E-state index contributed by atoms with van der Waals surface area (Å²) in [4.78, 5) is 12.2. The lowest BCUT2D eigenvalue weighted by atomic mass is 10.0. The molecule has 0 amide bonds. The number of hydrogen-bond acceptors (Lipinski definition) is 3. The predicted molar refractivity (Wildman–Crippen MR) is 122 cm³/mol. The quantitative estimate of drug-likeness (QED) is 0.205. The molecule has 2 rings (SSSR count). The zero-order valence-electron chi connectivity index (χ0n) is 18.0. The van der Waals surface area contributed by atoms with Gasteiger partial charge >= 0.3 is 5.97 Å². The van der Waals surface area contributed by atoms with Crippen LogP contribution in [0.4, 0.5) is 0 Å². The van der Waals surface area contributed by atoms with Crippen LogP contribution in [0.3, 0.4) is 0 Å². The Kier molecular flexibility index (Phi) is 11.8. The summed E-state index contributed by atoms with van der Waals surface area (Å²) in [5, 5.41) is 3.51. The van der Waals surface area contributed by atoms with Crippen LogP contribution in [0.1, 0.15) is 71.1 Å². The van der Waals surface area contributed by atoms with Gasteiger partial charge in [-0.05, 0) is 44.0 Å². The molecule has 0 unspecified atom stereocenters. The highest BCUT2D eigenvalue weighted by Crippen LogP contribution is 2.29. The van der Waals surface area contributed by atoms with Crippen LogP contribution < -0.4 is 10.1 Å². The van der Waals surface area contributed by atoms with Crippen LogP contribution in [0.15, 0.2) is 54.6 Å². The normalized spacial score (nSPS) is 10.8. The number of ether oxygens (including phenoxy) is 1. The van der Waals surface area contributed by atoms with Gasteiger partial charge < -0.3 is 10.1 Å². The molecule has 158 valence electrons. The van der Waals surface area contributed by atoms with Gasteiger partial charge in [0.1, 0.15) is 5.75 Å². The van der Waals surface area contributed by atoms with E-state index in [9.17, 15) is 4.79 Å². The second-order valence-corrected chi connectivity index (χ2v) is 7.66. The van der Waals surface area contributed by atoms with Gasteiger partial charge in [-0.2, -0.15) is 0 Å². The van der Waals surface area contributed by atoms with Crippen molar-refractivity contribution < 1.29 is 9.53 Å². The third kappa shape index (κ3) is 9.76. The summed E-state index contributed by atoms with van der Waals surface area (Å²) in [5.41, 5.74) is 2.02. The van der Waals surface area contributed by atoms with Gasteiger partial charge in [0.15, 0.2) is 0 Å². The van der Waals surface area contributed by atoms with Crippen LogP contribution in [0.5, 0.6) is 5.75 Å². The Bertz CT molecular complexity index is 684. The molecule has 0 bridgehead atoms. The first-order valence-electron chi connectivity index (χ1n) is 11.4. The number of benzene rings is 2. The first kappa shape index (κ1) is 23.2. The van der Waals surface area contributed by atoms with Crippen molar-refractivity contribution in [1.29, 1.82) is 0 Å². The lowest BCUT2D eigenvalue weighted by molar-refractivity contribution is -0.134. The number of para-hydroxylation sites is 1. The monoisotopic (exact) mass is 395 g/mol. The summed E-state index contributed by atoms with van der Waals surface area (Å²) in [6.45, 7) is 4.41. The average Bonchev–Trinajstić information content (AvgIpc) is 2.75. The van der Waals surface area contributed by atoms with Gasteiger partial charge in [0.05, 0.1) is 0 Å². The largest absolute Gasteiger partial charge is 0.426 e. The third-order valence-electron chi connectivity index (χ3n) is 5.14. The highest BCUT2D eigenvalue weighted by molar-refractivity contribution is 5.77. The molecule has 0 radical (unpaired) electrons. The molecule has 0 fully saturated rings. The summed E-state index contributed by atoms with van der Waals surface area (Å²) < 4.78 is 5.65. The van der Waals surface area contributed by atoms with Crippen molar-refractivity contribution in [2.45, 2.75) is 71.1 Å². The third-order valence-corrected chi connectivity index (χ3v) is 5.14. The van der Waals surface area contributed by atoms with E-state index in [0.717, 1.165) is 43.5 Å². The number of esters is 1. The minimum atomic E-state index is -0.145. The van der Waals surface area contributed by atoms with Crippen LogP contribution in [0.2, 0.25) is 0 Å². The molecule has 3 heteroatoms. The maximum Gasteiger partial charge on any atom is 0.311 e. The number of carbonyl (C=O) groups is 1. The lowest BCUT2D eigenvalue weighted by Gasteiger charge is -2.10. The molecule has 0 aliphatic heterocycles. The predicted octanol–water partition coefficient (Wildman–Crippen LogP) is 6.77. The molecular weight excluding hydrogens is 358 g/mol. The molecule has 0 saturated heterocycles. The zero-order chi connectivity index (χ0) is 20.6. The highest BCUT2D eigenvalue weighted by atomic mass is 16.5. The number of carbonyl (C=O) groups excluding carboxylic acids is 1. The van der Waals surface area contributed by atoms with Crippen LogP contribution in [0.25, 0.3) is 11.1 Å². The van der Waals surface area contributed by atoms with E-state index in [1.54, 1.807) is 0 Å². The zero-order valence-corrected chi connectivity index (χ0v) is 18.0. The molecule has 0 aromatic heterocycles. The Hall–Kier alpha value is -2.13. The van der Waals surface area contributed by atoms with Gasteiger partial charge in [-0.1, -0.05) is 94.0 Å². The number of hydrogen-bond donors (Lipinski definition) is 1. The Morgan fingerprint density at radius 3 is 2.14 bits per heavy atom. The van der Waals surface area contributed by atoms with Gasteiger partial charge in [-0.15, -0.1) is 0 Å². The van der Waals surface area contributed by atoms with Crippen molar-refractivity contribution >= 4 is 5.97 Å². The Labute approximate surface area is 176 Å². The number of nitrogens with one attached hydrogen (secondary N) is 1. The van der Waals surface area contributed by atoms with Crippen molar-refractivity contribution in [3.8, 4) is 16.9 Å². The van der Waals surface area contributed by atoms with E-state index < -0.39 is 0 Å². The van der Waals surface area contributed by atoms with Gasteiger partial charge in [-0.3, -0.25) is 4.79 Å². The summed E-state index contributed by atoms with van der Waals surface area (Å²) in [6, 6.07) is 17.8. The van der Waals surface area contributed by atoms with Gasteiger partial charge in [0.25, 0.3) is 0 Å². The highest BCUT2D eigenvalue weighted by Gasteiger charge is 2.10. The minimum absolute atomic E-state index is 0.145. The summed E-state index contributed by atoms with van der Waals surface area (Å²) >= 11 is 0. The molecule has 0 spiro atoms. The van der Waals surface area contributed by atoms with Crippen molar-refractivity contribution in [2.75, 3.05) is 13.1 Å². The molecule has 1 N–H and O–H groups in total. The Morgan fingerprint density at radius 2 is 1.38 bits per heavy atom. The van der Waals surface area contributed by atoms with Crippen molar-refractivity contribution in [3.05, 3.63) is 54.6 Å². The molecular formula is C26H37NO2. The Balaban J connectivity index is 1.56. The second-order valence-electron chi connectivity index (χ2n) is 7.66. The smallest absolute Gasteiger partial charge is 0.311 e. The summed E-state index contributed by atoms with van der Waals surface area (Å²) in [6.07, 6.45) is 11.6. The first-order chi connectivity index (χ1) is 14.3. The Morgan fingerprint density at radius 1 is 0.759 bits per heavy atom. The molecule has 3 nitrogen and oxygen atoms in total. The van der Waals surface area contributed by atoms with E-state index >= 15 is 0 Å². The molecule has 0 aliphatic rings. The molecule has 0 aliphatic carbocycles. The molecule has 0 atom stereocenters. The number of unbranched alkanes of at least 4 members (excludes halogenated alkanes) is 7. The first-order valence-corrected chi connectivity index (χ1v) is 11.4. The van der Waals surface area contributed by atoms with E-state index in [1.165, 1.54) is 38.5 Å².